The van der Waals surface area contributed by atoms with Crippen LogP contribution in [0.5, 0.6) is 0 Å². The van der Waals surface area contributed by atoms with Crippen molar-refractivity contribution >= 4 is 50.8 Å². The molecule has 0 atom stereocenters. The van der Waals surface area contributed by atoms with Gasteiger partial charge in [0, 0.05) is 4.47 Å². The van der Waals surface area contributed by atoms with Crippen LogP contribution in [-0.4, -0.2) is 9.55 Å². The predicted molar refractivity (Wildman–Crippen MR) is 85.9 cm³/mol. The molecule has 0 saturated carbocycles. The number of aromatic amines is 1. The van der Waals surface area contributed by atoms with Gasteiger partial charge in [0.2, 0.25) is 0 Å². The molecule has 0 aliphatic heterocycles. The Hall–Kier alpha value is -1.10. The molecule has 0 radical (unpaired) electrons. The lowest BCUT2D eigenvalue weighted by atomic mass is 10.2. The highest BCUT2D eigenvalue weighted by atomic mass is 79.9. The van der Waals surface area contributed by atoms with E-state index in [4.69, 9.17) is 23.8 Å². The summed E-state index contributed by atoms with van der Waals surface area (Å²) < 4.78 is 3.59. The zero-order chi connectivity index (χ0) is 13.6. The second-order valence-electron chi connectivity index (χ2n) is 4.33. The minimum absolute atomic E-state index is 0.643. The maximum Gasteiger partial charge on any atom is 0.182 e. The molecular weight excluding hydrogens is 344 g/mol. The van der Waals surface area contributed by atoms with Crippen LogP contribution >= 0.6 is 39.7 Å². The minimum atomic E-state index is 0.643. The van der Waals surface area contributed by atoms with Gasteiger partial charge >= 0.3 is 0 Å². The number of hydrogen-bond acceptors (Lipinski definition) is 1. The number of benzene rings is 2. The number of fused-ring (bicyclic) bond motifs is 1. The van der Waals surface area contributed by atoms with E-state index in [0.717, 1.165) is 26.8 Å². The van der Waals surface area contributed by atoms with E-state index < -0.39 is 0 Å². The normalized spacial score (nSPS) is 11.1. The van der Waals surface area contributed by atoms with E-state index in [1.165, 1.54) is 0 Å². The van der Waals surface area contributed by atoms with E-state index in [0.29, 0.717) is 9.79 Å². The van der Waals surface area contributed by atoms with Crippen molar-refractivity contribution in [2.75, 3.05) is 0 Å². The number of imidazole rings is 1. The van der Waals surface area contributed by atoms with Gasteiger partial charge in [-0.2, -0.15) is 0 Å². The predicted octanol–water partition coefficient (Wildman–Crippen LogP) is 5.41. The summed E-state index contributed by atoms with van der Waals surface area (Å²) in [4.78, 5) is 3.22. The number of nitrogens with one attached hydrogen (secondary N) is 1. The van der Waals surface area contributed by atoms with Crippen molar-refractivity contribution in [1.82, 2.24) is 9.55 Å². The highest BCUT2D eigenvalue weighted by molar-refractivity contribution is 9.10. The highest BCUT2D eigenvalue weighted by Gasteiger charge is 2.11. The van der Waals surface area contributed by atoms with Crippen molar-refractivity contribution in [2.24, 2.45) is 0 Å². The Labute approximate surface area is 129 Å². The fourth-order valence-corrected chi connectivity index (χ4v) is 3.07. The first-order valence-electron chi connectivity index (χ1n) is 5.73. The zero-order valence-corrected chi connectivity index (χ0v) is 13.2. The van der Waals surface area contributed by atoms with Crippen LogP contribution < -0.4 is 0 Å². The third-order valence-corrected chi connectivity index (χ3v) is 4.15. The van der Waals surface area contributed by atoms with Crippen LogP contribution in [0, 0.1) is 11.7 Å². The lowest BCUT2D eigenvalue weighted by Crippen LogP contribution is -1.96. The fourth-order valence-electron chi connectivity index (χ4n) is 2.22. The monoisotopic (exact) mass is 352 g/mol. The first-order valence-corrected chi connectivity index (χ1v) is 7.31. The number of rotatable bonds is 1. The quantitative estimate of drug-likeness (QED) is 0.580. The molecule has 19 heavy (non-hydrogen) atoms. The molecule has 3 rings (SSSR count). The summed E-state index contributed by atoms with van der Waals surface area (Å²) in [5.41, 5.74) is 4.11. The number of halogens is 2. The number of aryl methyl sites for hydroxylation is 1. The second-order valence-corrected chi connectivity index (χ2v) is 6.04. The minimum Gasteiger partial charge on any atom is -0.330 e. The van der Waals surface area contributed by atoms with Crippen molar-refractivity contribution in [2.45, 2.75) is 6.92 Å². The molecule has 0 amide bonds. The average molecular weight is 354 g/mol. The molecule has 2 aromatic carbocycles. The Kier molecular flexibility index (Phi) is 3.25. The average Bonchev–Trinajstić information content (AvgIpc) is 2.70. The topological polar surface area (TPSA) is 20.7 Å². The Morgan fingerprint density at radius 2 is 2.05 bits per heavy atom. The van der Waals surface area contributed by atoms with Gasteiger partial charge < -0.3 is 4.98 Å². The molecule has 5 heteroatoms. The van der Waals surface area contributed by atoms with Gasteiger partial charge in [0.1, 0.15) is 0 Å². The SMILES string of the molecule is Cc1cccc2[nH]c(=S)n(-c3cc(Br)ccc3Cl)c12. The largest absolute Gasteiger partial charge is 0.330 e. The first kappa shape index (κ1) is 12.9. The van der Waals surface area contributed by atoms with Crippen LogP contribution in [0.2, 0.25) is 5.02 Å². The van der Waals surface area contributed by atoms with Gasteiger partial charge in [0.25, 0.3) is 0 Å². The van der Waals surface area contributed by atoms with E-state index in [-0.39, 0.29) is 0 Å². The number of nitrogens with zero attached hydrogens (tertiary/aromatic N) is 1. The summed E-state index contributed by atoms with van der Waals surface area (Å²) in [6.07, 6.45) is 0. The molecule has 0 unspecified atom stereocenters. The van der Waals surface area contributed by atoms with E-state index in [9.17, 15) is 0 Å². The molecule has 1 N–H and O–H groups in total. The van der Waals surface area contributed by atoms with Crippen molar-refractivity contribution in [1.29, 1.82) is 0 Å². The second kappa shape index (κ2) is 4.78. The molecule has 0 saturated heterocycles. The highest BCUT2D eigenvalue weighted by Crippen LogP contribution is 2.29. The number of aromatic nitrogens is 2. The van der Waals surface area contributed by atoms with Crippen molar-refractivity contribution in [3.8, 4) is 5.69 Å². The van der Waals surface area contributed by atoms with Crippen molar-refractivity contribution in [3.05, 3.63) is 56.2 Å². The Morgan fingerprint density at radius 1 is 1.26 bits per heavy atom. The van der Waals surface area contributed by atoms with E-state index in [1.807, 2.05) is 34.9 Å². The maximum atomic E-state index is 6.31. The number of para-hydroxylation sites is 1. The zero-order valence-electron chi connectivity index (χ0n) is 10.1. The summed E-state index contributed by atoms with van der Waals surface area (Å²) in [5, 5.41) is 0.670. The van der Waals surface area contributed by atoms with E-state index >= 15 is 0 Å². The third kappa shape index (κ3) is 2.14. The van der Waals surface area contributed by atoms with Crippen LogP contribution in [0.1, 0.15) is 5.56 Å². The van der Waals surface area contributed by atoms with Crippen LogP contribution in [0.15, 0.2) is 40.9 Å². The lowest BCUT2D eigenvalue weighted by molar-refractivity contribution is 1.06. The molecule has 0 spiro atoms. The molecule has 0 fully saturated rings. The first-order chi connectivity index (χ1) is 9.08. The Balaban J connectivity index is 2.46. The summed E-state index contributed by atoms with van der Waals surface area (Å²) in [7, 11) is 0. The molecule has 1 aromatic heterocycles. The van der Waals surface area contributed by atoms with Gasteiger partial charge in [-0.15, -0.1) is 0 Å². The van der Waals surface area contributed by atoms with Crippen LogP contribution in [0.25, 0.3) is 16.7 Å². The van der Waals surface area contributed by atoms with Gasteiger partial charge in [-0.25, -0.2) is 0 Å². The van der Waals surface area contributed by atoms with Gasteiger partial charge in [0.15, 0.2) is 4.77 Å². The van der Waals surface area contributed by atoms with Crippen LogP contribution in [0.3, 0.4) is 0 Å². The van der Waals surface area contributed by atoms with E-state index in [2.05, 4.69) is 33.9 Å². The van der Waals surface area contributed by atoms with Gasteiger partial charge in [0.05, 0.1) is 21.7 Å². The Bertz CT molecular complexity index is 835. The molecule has 1 heterocycles. The third-order valence-electron chi connectivity index (χ3n) is 3.06. The molecule has 0 aliphatic rings. The molecule has 96 valence electrons. The summed E-state index contributed by atoms with van der Waals surface area (Å²) >= 11 is 15.2. The summed E-state index contributed by atoms with van der Waals surface area (Å²) in [5.74, 6) is 0. The molecule has 2 nitrogen and oxygen atoms in total. The van der Waals surface area contributed by atoms with Gasteiger partial charge in [-0.05, 0) is 49.0 Å². The molecule has 0 aliphatic carbocycles. The van der Waals surface area contributed by atoms with Crippen LogP contribution in [0.4, 0.5) is 0 Å². The number of H-pyrrole nitrogens is 1. The van der Waals surface area contributed by atoms with Gasteiger partial charge in [-0.1, -0.05) is 39.7 Å². The molecular formula is C14H10BrClN2S. The molecule has 0 bridgehead atoms. The number of hydrogen-bond donors (Lipinski definition) is 1. The van der Waals surface area contributed by atoms with E-state index in [1.54, 1.807) is 0 Å². The molecule has 3 aromatic rings. The smallest absolute Gasteiger partial charge is 0.182 e. The van der Waals surface area contributed by atoms with Crippen molar-refractivity contribution in [3.63, 3.8) is 0 Å². The summed E-state index contributed by atoms with van der Waals surface area (Å²) in [6.45, 7) is 2.06. The van der Waals surface area contributed by atoms with Crippen molar-refractivity contribution < 1.29 is 0 Å². The van der Waals surface area contributed by atoms with Crippen LogP contribution in [-0.2, 0) is 0 Å². The summed E-state index contributed by atoms with van der Waals surface area (Å²) in [6, 6.07) is 11.8. The lowest BCUT2D eigenvalue weighted by Gasteiger charge is -2.09. The Morgan fingerprint density at radius 3 is 2.84 bits per heavy atom. The van der Waals surface area contributed by atoms with Gasteiger partial charge in [-0.3, -0.25) is 4.57 Å². The standard InChI is InChI=1S/C14H10BrClN2S/c1-8-3-2-4-11-13(8)18(14(19)17-11)12-7-9(15)5-6-10(12)16/h2-7H,1H3,(H,17,19). The maximum absolute atomic E-state index is 6.31. The fraction of sp³-hybridized carbons (Fsp3) is 0.0714.